The summed E-state index contributed by atoms with van der Waals surface area (Å²) in [4.78, 5) is 4.19. The molecule has 0 aliphatic heterocycles. The Labute approximate surface area is 96.8 Å². The van der Waals surface area contributed by atoms with E-state index in [4.69, 9.17) is 21.6 Å². The summed E-state index contributed by atoms with van der Waals surface area (Å²) in [5.41, 5.74) is 1.67. The topological polar surface area (TPSA) is 70.7 Å². The molecule has 2 heterocycles. The second-order valence-corrected chi connectivity index (χ2v) is 4.42. The van der Waals surface area contributed by atoms with Crippen molar-refractivity contribution in [1.29, 1.82) is 0 Å². The summed E-state index contributed by atoms with van der Waals surface area (Å²) < 4.78 is 1.61. The zero-order valence-corrected chi connectivity index (χ0v) is 9.04. The molecule has 0 saturated heterocycles. The zero-order chi connectivity index (χ0) is 11.3. The third-order valence-corrected chi connectivity index (χ3v) is 3.16. The third-order valence-electron chi connectivity index (χ3n) is 2.98. The number of hydrogen-bond donors (Lipinski definition) is 2. The van der Waals surface area contributed by atoms with Crippen molar-refractivity contribution in [3.63, 3.8) is 0 Å². The average molecular weight is 237 g/mol. The summed E-state index contributed by atoms with van der Waals surface area (Å²) in [5.74, 6) is 0.00404. The van der Waals surface area contributed by atoms with Crippen molar-refractivity contribution in [2.24, 2.45) is 0 Å². The van der Waals surface area contributed by atoms with Crippen LogP contribution < -0.4 is 0 Å². The van der Waals surface area contributed by atoms with Crippen molar-refractivity contribution in [1.82, 2.24) is 14.6 Å². The van der Waals surface area contributed by atoms with Crippen molar-refractivity contribution >= 4 is 24.4 Å². The van der Waals surface area contributed by atoms with Gasteiger partial charge in [0.25, 0.3) is 0 Å². The maximum absolute atomic E-state index is 9.10. The molecule has 1 aliphatic carbocycles. The van der Waals surface area contributed by atoms with Crippen LogP contribution in [0.5, 0.6) is 0 Å². The van der Waals surface area contributed by atoms with Gasteiger partial charge in [-0.3, -0.25) is 0 Å². The molecule has 2 atom stereocenters. The van der Waals surface area contributed by atoms with Gasteiger partial charge in [0.05, 0.1) is 0 Å². The zero-order valence-electron chi connectivity index (χ0n) is 8.29. The molecule has 1 saturated carbocycles. The van der Waals surface area contributed by atoms with E-state index >= 15 is 0 Å². The molecule has 82 valence electrons. The Hall–Kier alpha value is -1.11. The van der Waals surface area contributed by atoms with E-state index in [1.807, 2.05) is 0 Å². The van der Waals surface area contributed by atoms with E-state index in [1.165, 1.54) is 0 Å². The normalized spacial score (nSPS) is 23.7. The Bertz CT molecular complexity index is 545. The molecule has 2 N–H and O–H groups in total. The van der Waals surface area contributed by atoms with Crippen LogP contribution in [0.25, 0.3) is 5.65 Å². The molecule has 0 radical (unpaired) electrons. The maximum Gasteiger partial charge on any atom is 0.455 e. The van der Waals surface area contributed by atoms with E-state index in [0.29, 0.717) is 5.15 Å². The molecule has 1 fully saturated rings. The Kier molecular flexibility index (Phi) is 2.17. The van der Waals surface area contributed by atoms with Crippen LogP contribution >= 0.6 is 11.6 Å². The third kappa shape index (κ3) is 1.50. The van der Waals surface area contributed by atoms with Crippen molar-refractivity contribution in [2.75, 3.05) is 0 Å². The van der Waals surface area contributed by atoms with Crippen molar-refractivity contribution in [3.8, 4) is 0 Å². The quantitative estimate of drug-likeness (QED) is 0.755. The number of halogens is 1. The molecule has 0 aromatic carbocycles. The van der Waals surface area contributed by atoms with Gasteiger partial charge in [0.1, 0.15) is 5.15 Å². The minimum absolute atomic E-state index is 0.112. The van der Waals surface area contributed by atoms with Crippen molar-refractivity contribution < 1.29 is 10.0 Å². The van der Waals surface area contributed by atoms with E-state index in [-0.39, 0.29) is 11.7 Å². The van der Waals surface area contributed by atoms with Crippen molar-refractivity contribution in [3.05, 3.63) is 29.2 Å². The summed E-state index contributed by atoms with van der Waals surface area (Å²) in [7, 11) is -1.27. The number of aromatic nitrogens is 3. The molecule has 0 bridgehead atoms. The molecular formula is C9H9BClN3O2. The molecule has 16 heavy (non-hydrogen) atoms. The fourth-order valence-electron chi connectivity index (χ4n) is 2.08. The Morgan fingerprint density at radius 1 is 1.50 bits per heavy atom. The summed E-state index contributed by atoms with van der Waals surface area (Å²) in [5, 5.41) is 22.6. The van der Waals surface area contributed by atoms with E-state index in [2.05, 4.69) is 10.1 Å². The lowest BCUT2D eigenvalue weighted by atomic mass is 9.81. The van der Waals surface area contributed by atoms with Gasteiger partial charge in [-0.05, 0) is 18.4 Å². The van der Waals surface area contributed by atoms with E-state index in [1.54, 1.807) is 23.0 Å². The standard InChI is InChI=1S/C9H9BClN3O2/c11-8-4-6(5-3-7(5)10(15)16)9-12-1-2-14(9)13-8/h1-2,4-5,7,15-16H,3H2/t5-,7-/m1/s1. The highest BCUT2D eigenvalue weighted by atomic mass is 35.5. The molecule has 0 unspecified atom stereocenters. The minimum atomic E-state index is -1.27. The van der Waals surface area contributed by atoms with Gasteiger partial charge >= 0.3 is 7.12 Å². The van der Waals surface area contributed by atoms with Gasteiger partial charge in [0.2, 0.25) is 0 Å². The predicted molar refractivity (Wildman–Crippen MR) is 59.3 cm³/mol. The highest BCUT2D eigenvalue weighted by molar-refractivity contribution is 6.44. The van der Waals surface area contributed by atoms with Gasteiger partial charge in [-0.25, -0.2) is 9.50 Å². The summed E-state index contributed by atoms with van der Waals surface area (Å²) >= 11 is 5.90. The number of rotatable bonds is 2. The Balaban J connectivity index is 2.07. The van der Waals surface area contributed by atoms with Gasteiger partial charge < -0.3 is 10.0 Å². The minimum Gasteiger partial charge on any atom is -0.427 e. The first kappa shape index (κ1) is 10.1. The summed E-state index contributed by atoms with van der Waals surface area (Å²) in [6.45, 7) is 0. The van der Waals surface area contributed by atoms with Crippen LogP contribution in [0.3, 0.4) is 0 Å². The van der Waals surface area contributed by atoms with Crippen LogP contribution in [0.4, 0.5) is 0 Å². The second kappa shape index (κ2) is 3.45. The number of nitrogens with zero attached hydrogens (tertiary/aromatic N) is 3. The largest absolute Gasteiger partial charge is 0.455 e. The van der Waals surface area contributed by atoms with Crippen LogP contribution in [0.15, 0.2) is 18.5 Å². The average Bonchev–Trinajstić information content (AvgIpc) is 2.89. The molecular weight excluding hydrogens is 228 g/mol. The Morgan fingerprint density at radius 2 is 2.31 bits per heavy atom. The Morgan fingerprint density at radius 3 is 3.00 bits per heavy atom. The van der Waals surface area contributed by atoms with Crippen LogP contribution in [0, 0.1) is 0 Å². The van der Waals surface area contributed by atoms with Crippen LogP contribution in [-0.4, -0.2) is 31.8 Å². The second-order valence-electron chi connectivity index (χ2n) is 4.04. The van der Waals surface area contributed by atoms with Crippen LogP contribution in [0.1, 0.15) is 17.9 Å². The van der Waals surface area contributed by atoms with E-state index in [9.17, 15) is 0 Å². The number of hydrogen-bond acceptors (Lipinski definition) is 4. The molecule has 0 amide bonds. The maximum atomic E-state index is 9.10. The summed E-state index contributed by atoms with van der Waals surface area (Å²) in [6, 6.07) is 1.75. The van der Waals surface area contributed by atoms with E-state index in [0.717, 1.165) is 17.6 Å². The first-order valence-corrected chi connectivity index (χ1v) is 5.40. The molecule has 2 aromatic heterocycles. The van der Waals surface area contributed by atoms with Gasteiger partial charge in [0, 0.05) is 23.8 Å². The SMILES string of the molecule is OB(O)[C@@H]1C[C@@H]1c1cc(Cl)nn2ccnc12. The van der Waals surface area contributed by atoms with Gasteiger partial charge in [-0.15, -0.1) is 0 Å². The molecule has 1 aliphatic rings. The monoisotopic (exact) mass is 237 g/mol. The lowest BCUT2D eigenvalue weighted by Gasteiger charge is -2.03. The highest BCUT2D eigenvalue weighted by Gasteiger charge is 2.47. The van der Waals surface area contributed by atoms with Crippen LogP contribution in [0.2, 0.25) is 11.0 Å². The lowest BCUT2D eigenvalue weighted by molar-refractivity contribution is 0.402. The first-order valence-electron chi connectivity index (χ1n) is 5.03. The predicted octanol–water partition coefficient (Wildman–Crippen LogP) is 0.713. The van der Waals surface area contributed by atoms with Gasteiger partial charge in [0.15, 0.2) is 5.65 Å². The highest BCUT2D eigenvalue weighted by Crippen LogP contribution is 2.54. The smallest absolute Gasteiger partial charge is 0.427 e. The molecule has 0 spiro atoms. The number of fused-ring (bicyclic) bond motifs is 1. The molecule has 2 aromatic rings. The number of imidazole rings is 1. The van der Waals surface area contributed by atoms with Gasteiger partial charge in [-0.1, -0.05) is 11.6 Å². The van der Waals surface area contributed by atoms with Crippen molar-refractivity contribution in [2.45, 2.75) is 18.2 Å². The summed E-state index contributed by atoms with van der Waals surface area (Å²) in [6.07, 6.45) is 4.12. The first-order chi connectivity index (χ1) is 7.66. The fraction of sp³-hybridized carbons (Fsp3) is 0.333. The molecule has 5 nitrogen and oxygen atoms in total. The fourth-order valence-corrected chi connectivity index (χ4v) is 2.28. The molecule has 3 rings (SSSR count). The van der Waals surface area contributed by atoms with Gasteiger partial charge in [-0.2, -0.15) is 5.10 Å². The molecule has 7 heteroatoms. The van der Waals surface area contributed by atoms with Crippen LogP contribution in [-0.2, 0) is 0 Å². The lowest BCUT2D eigenvalue weighted by Crippen LogP contribution is -2.11. The van der Waals surface area contributed by atoms with E-state index < -0.39 is 7.12 Å².